The van der Waals surface area contributed by atoms with E-state index in [9.17, 15) is 0 Å². The van der Waals surface area contributed by atoms with Crippen LogP contribution in [-0.4, -0.2) is 4.57 Å². The Morgan fingerprint density at radius 3 is 1.53 bits per heavy atom. The van der Waals surface area contributed by atoms with Gasteiger partial charge in [-0.05, 0) is 104 Å². The maximum atomic E-state index is 2.46. The summed E-state index contributed by atoms with van der Waals surface area (Å²) >= 11 is 0. The van der Waals surface area contributed by atoms with Crippen molar-refractivity contribution in [2.75, 3.05) is 4.90 Å². The molecule has 11 aromatic carbocycles. The number of benzene rings is 11. The van der Waals surface area contributed by atoms with Gasteiger partial charge in [0.1, 0.15) is 0 Å². The van der Waals surface area contributed by atoms with Crippen molar-refractivity contribution in [3.05, 3.63) is 267 Å². The van der Waals surface area contributed by atoms with E-state index in [1.165, 1.54) is 77.1 Å². The van der Waals surface area contributed by atoms with Gasteiger partial charge in [-0.3, -0.25) is 0 Å². The standard InChI is InChI=1S/C64H44N2/c1-5-19-45(20-6-1)51-35-40-54(46-21-7-2-8-22-46)59(43-51)49-33-37-52(38-34-49)65(62-42-36-48-25-13-14-29-56(48)64(62)50-26-11-4-12-27-50)53-39-41-58-57-30-16-18-32-61(57)66(63(58)44-53)60-31-17-15-28-55(60)47-23-9-3-10-24-47/h1-44H. The molecule has 2 nitrogen and oxygen atoms in total. The monoisotopic (exact) mass is 840 g/mol. The molecule has 0 aliphatic heterocycles. The van der Waals surface area contributed by atoms with Crippen LogP contribution in [0, 0.1) is 0 Å². The third-order valence-electron chi connectivity index (χ3n) is 13.0. The minimum absolute atomic E-state index is 1.07. The summed E-state index contributed by atoms with van der Waals surface area (Å²) in [6.07, 6.45) is 0. The van der Waals surface area contributed by atoms with Crippen LogP contribution in [0.5, 0.6) is 0 Å². The van der Waals surface area contributed by atoms with Crippen molar-refractivity contribution in [2.45, 2.75) is 0 Å². The summed E-state index contributed by atoms with van der Waals surface area (Å²) in [5, 5.41) is 4.84. The molecule has 310 valence electrons. The van der Waals surface area contributed by atoms with Crippen LogP contribution in [0.2, 0.25) is 0 Å². The quantitative estimate of drug-likeness (QED) is 0.141. The fourth-order valence-electron chi connectivity index (χ4n) is 9.92. The third kappa shape index (κ3) is 6.93. The molecular weight excluding hydrogens is 797 g/mol. The normalized spacial score (nSPS) is 11.3. The van der Waals surface area contributed by atoms with E-state index < -0.39 is 0 Å². The van der Waals surface area contributed by atoms with Crippen LogP contribution in [0.3, 0.4) is 0 Å². The maximum Gasteiger partial charge on any atom is 0.0562 e. The van der Waals surface area contributed by atoms with Gasteiger partial charge in [-0.2, -0.15) is 0 Å². The Labute approximate surface area is 385 Å². The van der Waals surface area contributed by atoms with Gasteiger partial charge < -0.3 is 9.47 Å². The van der Waals surface area contributed by atoms with Gasteiger partial charge in [-0.1, -0.05) is 218 Å². The zero-order chi connectivity index (χ0) is 43.8. The number of hydrogen-bond acceptors (Lipinski definition) is 1. The Morgan fingerprint density at radius 1 is 0.273 bits per heavy atom. The molecule has 12 rings (SSSR count). The molecule has 0 spiro atoms. The SMILES string of the molecule is c1ccc(-c2ccc(-c3ccccc3)c(-c3ccc(N(c4ccc5c6ccccc6n(-c6ccccc6-c6ccccc6)c5c4)c4ccc5ccccc5c4-c4ccccc4)cc3)c2)cc1. The number of nitrogens with zero attached hydrogens (tertiary/aromatic N) is 2. The topological polar surface area (TPSA) is 8.17 Å². The number of hydrogen-bond donors (Lipinski definition) is 0. The predicted molar refractivity (Wildman–Crippen MR) is 280 cm³/mol. The average molecular weight is 841 g/mol. The lowest BCUT2D eigenvalue weighted by atomic mass is 9.91. The van der Waals surface area contributed by atoms with Gasteiger partial charge in [0.25, 0.3) is 0 Å². The second-order valence-corrected chi connectivity index (χ2v) is 16.9. The molecule has 2 heteroatoms. The molecule has 0 bridgehead atoms. The van der Waals surface area contributed by atoms with Gasteiger partial charge in [0, 0.05) is 33.3 Å². The molecule has 0 fully saturated rings. The summed E-state index contributed by atoms with van der Waals surface area (Å²) in [5.41, 5.74) is 18.6. The summed E-state index contributed by atoms with van der Waals surface area (Å²) < 4.78 is 2.46. The highest BCUT2D eigenvalue weighted by molar-refractivity contribution is 6.12. The number of fused-ring (bicyclic) bond motifs is 4. The van der Waals surface area contributed by atoms with Crippen LogP contribution >= 0.6 is 0 Å². The Balaban J connectivity index is 1.10. The number of anilines is 3. The first-order chi connectivity index (χ1) is 32.8. The molecular formula is C64H44N2. The molecule has 0 aliphatic rings. The van der Waals surface area contributed by atoms with Crippen LogP contribution in [-0.2, 0) is 0 Å². The van der Waals surface area contributed by atoms with E-state index >= 15 is 0 Å². The van der Waals surface area contributed by atoms with Crippen molar-refractivity contribution in [1.29, 1.82) is 0 Å². The van der Waals surface area contributed by atoms with Crippen molar-refractivity contribution in [3.8, 4) is 61.3 Å². The predicted octanol–water partition coefficient (Wildman–Crippen LogP) is 17.7. The van der Waals surface area contributed by atoms with Crippen molar-refractivity contribution < 1.29 is 0 Å². The zero-order valence-electron chi connectivity index (χ0n) is 36.3. The first-order valence-electron chi connectivity index (χ1n) is 22.7. The lowest BCUT2D eigenvalue weighted by molar-refractivity contribution is 1.18. The highest BCUT2D eigenvalue weighted by Gasteiger charge is 2.23. The first kappa shape index (κ1) is 38.9. The fraction of sp³-hybridized carbons (Fsp3) is 0. The van der Waals surface area contributed by atoms with Gasteiger partial charge in [0.05, 0.1) is 22.4 Å². The zero-order valence-corrected chi connectivity index (χ0v) is 36.3. The van der Waals surface area contributed by atoms with Crippen LogP contribution in [0.15, 0.2) is 267 Å². The molecule has 12 aromatic rings. The van der Waals surface area contributed by atoms with E-state index in [1.54, 1.807) is 0 Å². The highest BCUT2D eigenvalue weighted by Crippen LogP contribution is 2.47. The number of para-hydroxylation sites is 2. The Kier molecular flexibility index (Phi) is 9.89. The largest absolute Gasteiger partial charge is 0.310 e. The van der Waals surface area contributed by atoms with Crippen molar-refractivity contribution in [2.24, 2.45) is 0 Å². The summed E-state index contributed by atoms with van der Waals surface area (Å²) in [7, 11) is 0. The smallest absolute Gasteiger partial charge is 0.0562 e. The van der Waals surface area contributed by atoms with Crippen LogP contribution in [0.1, 0.15) is 0 Å². The Morgan fingerprint density at radius 2 is 0.803 bits per heavy atom. The van der Waals surface area contributed by atoms with Gasteiger partial charge in [-0.15, -0.1) is 0 Å². The molecule has 1 aromatic heterocycles. The summed E-state index contributed by atoms with van der Waals surface area (Å²) in [6.45, 7) is 0. The van der Waals surface area contributed by atoms with Crippen molar-refractivity contribution in [1.82, 2.24) is 4.57 Å². The molecule has 0 aliphatic carbocycles. The second-order valence-electron chi connectivity index (χ2n) is 16.9. The molecule has 0 radical (unpaired) electrons. The van der Waals surface area contributed by atoms with E-state index in [2.05, 4.69) is 276 Å². The van der Waals surface area contributed by atoms with Gasteiger partial charge in [0.15, 0.2) is 0 Å². The van der Waals surface area contributed by atoms with E-state index in [4.69, 9.17) is 0 Å². The van der Waals surface area contributed by atoms with E-state index in [-0.39, 0.29) is 0 Å². The molecule has 0 N–H and O–H groups in total. The van der Waals surface area contributed by atoms with E-state index in [0.29, 0.717) is 0 Å². The van der Waals surface area contributed by atoms with Crippen molar-refractivity contribution in [3.63, 3.8) is 0 Å². The average Bonchev–Trinajstić information content (AvgIpc) is 3.73. The third-order valence-corrected chi connectivity index (χ3v) is 13.0. The van der Waals surface area contributed by atoms with Gasteiger partial charge in [0.2, 0.25) is 0 Å². The Bertz CT molecular complexity index is 3670. The lowest BCUT2D eigenvalue weighted by Crippen LogP contribution is -2.12. The fourth-order valence-corrected chi connectivity index (χ4v) is 9.92. The van der Waals surface area contributed by atoms with Crippen LogP contribution in [0.4, 0.5) is 17.1 Å². The Hall–Kier alpha value is -8.72. The highest BCUT2D eigenvalue weighted by atomic mass is 15.1. The summed E-state index contributed by atoms with van der Waals surface area (Å²) in [6, 6.07) is 97.0. The first-order valence-corrected chi connectivity index (χ1v) is 22.7. The minimum atomic E-state index is 1.07. The molecule has 1 heterocycles. The molecule has 0 amide bonds. The van der Waals surface area contributed by atoms with Gasteiger partial charge >= 0.3 is 0 Å². The molecule has 0 saturated carbocycles. The van der Waals surface area contributed by atoms with E-state index in [0.717, 1.165) is 33.8 Å². The van der Waals surface area contributed by atoms with Crippen LogP contribution in [0.25, 0.3) is 93.9 Å². The number of rotatable bonds is 9. The molecule has 0 atom stereocenters. The summed E-state index contributed by atoms with van der Waals surface area (Å²) in [5.74, 6) is 0. The number of aromatic nitrogens is 1. The van der Waals surface area contributed by atoms with Crippen molar-refractivity contribution >= 4 is 49.6 Å². The summed E-state index contributed by atoms with van der Waals surface area (Å²) in [4.78, 5) is 2.46. The van der Waals surface area contributed by atoms with Gasteiger partial charge in [-0.25, -0.2) is 0 Å². The molecule has 66 heavy (non-hydrogen) atoms. The van der Waals surface area contributed by atoms with E-state index in [1.807, 2.05) is 0 Å². The lowest BCUT2D eigenvalue weighted by Gasteiger charge is -2.29. The molecule has 0 saturated heterocycles. The molecule has 0 unspecified atom stereocenters. The second kappa shape index (κ2) is 16.8. The maximum absolute atomic E-state index is 2.46. The minimum Gasteiger partial charge on any atom is -0.310 e. The van der Waals surface area contributed by atoms with Crippen LogP contribution < -0.4 is 4.90 Å².